The van der Waals surface area contributed by atoms with Crippen molar-refractivity contribution in [2.75, 3.05) is 13.2 Å². The van der Waals surface area contributed by atoms with Gasteiger partial charge in [-0.05, 0) is 49.4 Å². The molecule has 1 atom stereocenters. The summed E-state index contributed by atoms with van der Waals surface area (Å²) in [7, 11) is 0. The molecule has 2 aromatic rings. The zero-order chi connectivity index (χ0) is 17.5. The lowest BCUT2D eigenvalue weighted by molar-refractivity contribution is 0.0690. The fraction of sp³-hybridized carbons (Fsp3) is 0.389. The molecular weight excluding hydrogens is 320 g/mol. The molecule has 1 fully saturated rings. The van der Waals surface area contributed by atoms with Gasteiger partial charge in [-0.3, -0.25) is 10.4 Å². The van der Waals surface area contributed by atoms with E-state index >= 15 is 0 Å². The first kappa shape index (κ1) is 17.3. The Balaban J connectivity index is 1.36. The third-order valence-electron chi connectivity index (χ3n) is 4.12. The molecule has 7 nitrogen and oxygen atoms in total. The van der Waals surface area contributed by atoms with Gasteiger partial charge in [-0.15, -0.1) is 0 Å². The minimum atomic E-state index is -1.00. The standard InChI is InChI=1S/C18H22N4O3/c23-18(24)17-6-4-13(11-19-17)3-1-2-10-25-14-5-7-15(20-12-14)16-8-9-21-22-16/h4-7,11-12,16,21-22H,1-3,8-10H2,(H,23,24). The van der Waals surface area contributed by atoms with Crippen molar-refractivity contribution in [1.29, 1.82) is 0 Å². The number of hydrogen-bond donors (Lipinski definition) is 3. The van der Waals surface area contributed by atoms with E-state index in [0.717, 1.165) is 49.2 Å². The molecule has 1 aliphatic heterocycles. The third kappa shape index (κ3) is 4.98. The van der Waals surface area contributed by atoms with Gasteiger partial charge in [0, 0.05) is 12.7 Å². The number of hydrogen-bond acceptors (Lipinski definition) is 6. The minimum absolute atomic E-state index is 0.0756. The maximum atomic E-state index is 10.8. The highest BCUT2D eigenvalue weighted by Gasteiger charge is 2.16. The molecule has 25 heavy (non-hydrogen) atoms. The molecule has 132 valence electrons. The van der Waals surface area contributed by atoms with Crippen LogP contribution >= 0.6 is 0 Å². The SMILES string of the molecule is O=C(O)c1ccc(CCCCOc2ccc(C3CCNN3)nc2)cn1. The van der Waals surface area contributed by atoms with Gasteiger partial charge >= 0.3 is 5.97 Å². The number of carboxylic acids is 1. The number of hydrazine groups is 1. The number of nitrogens with zero attached hydrogens (tertiary/aromatic N) is 2. The van der Waals surface area contributed by atoms with E-state index < -0.39 is 5.97 Å². The second-order valence-electron chi connectivity index (χ2n) is 5.99. The van der Waals surface area contributed by atoms with Crippen LogP contribution in [0.2, 0.25) is 0 Å². The molecule has 0 bridgehead atoms. The van der Waals surface area contributed by atoms with Gasteiger partial charge in [0.25, 0.3) is 0 Å². The zero-order valence-electron chi connectivity index (χ0n) is 13.9. The van der Waals surface area contributed by atoms with E-state index in [-0.39, 0.29) is 11.7 Å². The molecule has 0 aromatic carbocycles. The Hall–Kier alpha value is -2.51. The van der Waals surface area contributed by atoms with E-state index in [4.69, 9.17) is 9.84 Å². The molecule has 1 aliphatic rings. The number of carbonyl (C=O) groups is 1. The van der Waals surface area contributed by atoms with Crippen LogP contribution in [0.1, 0.15) is 47.1 Å². The monoisotopic (exact) mass is 342 g/mol. The van der Waals surface area contributed by atoms with Gasteiger partial charge in [-0.25, -0.2) is 15.2 Å². The smallest absolute Gasteiger partial charge is 0.354 e. The lowest BCUT2D eigenvalue weighted by Gasteiger charge is -2.10. The molecule has 0 amide bonds. The molecule has 3 heterocycles. The molecule has 3 rings (SSSR count). The van der Waals surface area contributed by atoms with Crippen molar-refractivity contribution in [3.8, 4) is 5.75 Å². The molecule has 1 saturated heterocycles. The number of aryl methyl sites for hydroxylation is 1. The van der Waals surface area contributed by atoms with Crippen LogP contribution < -0.4 is 15.6 Å². The number of unbranched alkanes of at least 4 members (excludes halogenated alkanes) is 1. The molecule has 0 aliphatic carbocycles. The van der Waals surface area contributed by atoms with Crippen LogP contribution in [0, 0.1) is 0 Å². The van der Waals surface area contributed by atoms with Gasteiger partial charge in [0.15, 0.2) is 0 Å². The number of rotatable bonds is 8. The van der Waals surface area contributed by atoms with E-state index in [9.17, 15) is 4.79 Å². The Bertz CT molecular complexity index is 682. The first-order valence-electron chi connectivity index (χ1n) is 8.48. The van der Waals surface area contributed by atoms with Crippen LogP contribution in [0.3, 0.4) is 0 Å². The average molecular weight is 342 g/mol. The van der Waals surface area contributed by atoms with Crippen LogP contribution in [0.5, 0.6) is 5.75 Å². The highest BCUT2D eigenvalue weighted by Crippen LogP contribution is 2.19. The molecule has 7 heteroatoms. The fourth-order valence-corrected chi connectivity index (χ4v) is 2.71. The maximum Gasteiger partial charge on any atom is 0.354 e. The van der Waals surface area contributed by atoms with Gasteiger partial charge in [0.1, 0.15) is 11.4 Å². The number of pyridine rings is 2. The Kier molecular flexibility index (Phi) is 5.92. The summed E-state index contributed by atoms with van der Waals surface area (Å²) in [5.74, 6) is -0.221. The van der Waals surface area contributed by atoms with E-state index in [1.54, 1.807) is 12.4 Å². The van der Waals surface area contributed by atoms with Crippen molar-refractivity contribution in [3.63, 3.8) is 0 Å². The van der Waals surface area contributed by atoms with Crippen LogP contribution in [-0.4, -0.2) is 34.2 Å². The molecule has 0 spiro atoms. The highest BCUT2D eigenvalue weighted by atomic mass is 16.5. The number of aromatic nitrogens is 2. The predicted octanol–water partition coefficient (Wildman–Crippen LogP) is 2.12. The second kappa shape index (κ2) is 8.55. The second-order valence-corrected chi connectivity index (χ2v) is 5.99. The van der Waals surface area contributed by atoms with Crippen molar-refractivity contribution < 1.29 is 14.6 Å². The van der Waals surface area contributed by atoms with Gasteiger partial charge in [0.2, 0.25) is 0 Å². The summed E-state index contributed by atoms with van der Waals surface area (Å²) < 4.78 is 5.72. The van der Waals surface area contributed by atoms with Crippen LogP contribution in [0.4, 0.5) is 0 Å². The van der Waals surface area contributed by atoms with Gasteiger partial charge in [0.05, 0.1) is 24.5 Å². The summed E-state index contributed by atoms with van der Waals surface area (Å²) in [6.07, 6.45) is 7.15. The van der Waals surface area contributed by atoms with Gasteiger partial charge < -0.3 is 9.84 Å². The topological polar surface area (TPSA) is 96.4 Å². The lowest BCUT2D eigenvalue weighted by Crippen LogP contribution is -2.25. The van der Waals surface area contributed by atoms with Gasteiger partial charge in [-0.2, -0.15) is 0 Å². The van der Waals surface area contributed by atoms with Crippen molar-refractivity contribution in [2.24, 2.45) is 0 Å². The van der Waals surface area contributed by atoms with Crippen molar-refractivity contribution >= 4 is 5.97 Å². The largest absolute Gasteiger partial charge is 0.492 e. The van der Waals surface area contributed by atoms with E-state index in [2.05, 4.69) is 20.8 Å². The zero-order valence-corrected chi connectivity index (χ0v) is 13.9. The molecule has 3 N–H and O–H groups in total. The van der Waals surface area contributed by atoms with Crippen molar-refractivity contribution in [1.82, 2.24) is 20.8 Å². The number of carboxylic acid groups (broad SMARTS) is 1. The molecule has 0 radical (unpaired) electrons. The maximum absolute atomic E-state index is 10.8. The predicted molar refractivity (Wildman–Crippen MR) is 92.4 cm³/mol. The number of ether oxygens (including phenoxy) is 1. The highest BCUT2D eigenvalue weighted by molar-refractivity contribution is 5.85. The van der Waals surface area contributed by atoms with E-state index in [0.29, 0.717) is 6.61 Å². The summed E-state index contributed by atoms with van der Waals surface area (Å²) in [6.45, 7) is 1.59. The summed E-state index contributed by atoms with van der Waals surface area (Å²) >= 11 is 0. The summed E-state index contributed by atoms with van der Waals surface area (Å²) in [4.78, 5) is 19.1. The molecule has 0 saturated carbocycles. The van der Waals surface area contributed by atoms with E-state index in [1.807, 2.05) is 18.2 Å². The quantitative estimate of drug-likeness (QED) is 0.632. The minimum Gasteiger partial charge on any atom is -0.492 e. The lowest BCUT2D eigenvalue weighted by atomic mass is 10.1. The Morgan fingerprint density at radius 2 is 2.12 bits per heavy atom. The Morgan fingerprint density at radius 3 is 2.76 bits per heavy atom. The third-order valence-corrected chi connectivity index (χ3v) is 4.12. The van der Waals surface area contributed by atoms with Crippen LogP contribution in [0.25, 0.3) is 0 Å². The molecule has 1 unspecified atom stereocenters. The fourth-order valence-electron chi connectivity index (χ4n) is 2.71. The normalized spacial score (nSPS) is 16.7. The number of aromatic carboxylic acids is 1. The molecular formula is C18H22N4O3. The van der Waals surface area contributed by atoms with Crippen LogP contribution in [0.15, 0.2) is 36.7 Å². The summed E-state index contributed by atoms with van der Waals surface area (Å²) in [5.41, 5.74) is 8.42. The van der Waals surface area contributed by atoms with Crippen molar-refractivity contribution in [3.05, 3.63) is 53.6 Å². The van der Waals surface area contributed by atoms with Crippen molar-refractivity contribution in [2.45, 2.75) is 31.7 Å². The first-order chi connectivity index (χ1) is 12.2. The average Bonchev–Trinajstić information content (AvgIpc) is 3.17. The summed E-state index contributed by atoms with van der Waals surface area (Å²) in [6, 6.07) is 7.57. The van der Waals surface area contributed by atoms with Crippen LogP contribution in [-0.2, 0) is 6.42 Å². The Labute approximate surface area is 146 Å². The molecule has 2 aromatic heterocycles. The van der Waals surface area contributed by atoms with E-state index in [1.165, 1.54) is 6.07 Å². The first-order valence-corrected chi connectivity index (χ1v) is 8.48. The summed E-state index contributed by atoms with van der Waals surface area (Å²) in [5, 5.41) is 8.82. The number of nitrogens with one attached hydrogen (secondary N) is 2. The van der Waals surface area contributed by atoms with Gasteiger partial charge in [-0.1, -0.05) is 6.07 Å². The Morgan fingerprint density at radius 1 is 1.20 bits per heavy atom.